The minimum Gasteiger partial charge on any atom is -0.394 e. The molecule has 0 aromatic carbocycles. The quantitative estimate of drug-likeness (QED) is 0.391. The van der Waals surface area contributed by atoms with Gasteiger partial charge in [-0.2, -0.15) is 0 Å². The molecule has 2 amide bonds. The summed E-state index contributed by atoms with van der Waals surface area (Å²) >= 11 is 0. The van der Waals surface area contributed by atoms with Crippen LogP contribution in [0.3, 0.4) is 0 Å². The van der Waals surface area contributed by atoms with E-state index in [1.165, 1.54) is 6.92 Å². The standard InChI is InChI=1S/C9H19N2O7P/c1-7(13)10-4-3-9(14)11-8(5-12)6-18-19(15,16)17-2/h8,12H,3-6H2,1-2H3,(H,10,13)(H,11,14)(H,15,16). The zero-order valence-corrected chi connectivity index (χ0v) is 11.7. The van der Waals surface area contributed by atoms with Gasteiger partial charge in [-0.15, -0.1) is 0 Å². The van der Waals surface area contributed by atoms with Gasteiger partial charge in [0.05, 0.1) is 19.3 Å². The molecule has 0 saturated carbocycles. The number of carbonyl (C=O) groups excluding carboxylic acids is 2. The number of amides is 2. The van der Waals surface area contributed by atoms with Crippen molar-refractivity contribution < 1.29 is 33.2 Å². The van der Waals surface area contributed by atoms with Crippen LogP contribution >= 0.6 is 7.82 Å². The molecule has 0 aliphatic rings. The van der Waals surface area contributed by atoms with E-state index in [2.05, 4.69) is 19.7 Å². The minimum atomic E-state index is -4.14. The van der Waals surface area contributed by atoms with Crippen molar-refractivity contribution in [3.8, 4) is 0 Å². The first-order valence-electron chi connectivity index (χ1n) is 5.48. The van der Waals surface area contributed by atoms with Gasteiger partial charge in [-0.3, -0.25) is 18.6 Å². The van der Waals surface area contributed by atoms with Gasteiger partial charge in [0.15, 0.2) is 0 Å². The first-order valence-corrected chi connectivity index (χ1v) is 6.98. The lowest BCUT2D eigenvalue weighted by Crippen LogP contribution is -2.41. The van der Waals surface area contributed by atoms with Crippen molar-refractivity contribution in [2.75, 3.05) is 26.9 Å². The number of phosphoric acid groups is 1. The van der Waals surface area contributed by atoms with Gasteiger partial charge in [-0.1, -0.05) is 0 Å². The van der Waals surface area contributed by atoms with Crippen molar-refractivity contribution >= 4 is 19.6 Å². The van der Waals surface area contributed by atoms with Crippen LogP contribution in [0.15, 0.2) is 0 Å². The lowest BCUT2D eigenvalue weighted by atomic mass is 10.3. The molecule has 2 atom stereocenters. The molecule has 10 heteroatoms. The average molecular weight is 298 g/mol. The number of aliphatic hydroxyl groups excluding tert-OH is 1. The Kier molecular flexibility index (Phi) is 8.53. The SMILES string of the molecule is COP(=O)(O)OCC(CO)NC(=O)CCNC(C)=O. The molecule has 0 heterocycles. The highest BCUT2D eigenvalue weighted by molar-refractivity contribution is 7.47. The predicted molar refractivity (Wildman–Crippen MR) is 65.1 cm³/mol. The topological polar surface area (TPSA) is 134 Å². The molecule has 0 rings (SSSR count). The van der Waals surface area contributed by atoms with E-state index in [9.17, 15) is 14.2 Å². The summed E-state index contributed by atoms with van der Waals surface area (Å²) in [5.41, 5.74) is 0. The molecule has 0 spiro atoms. The second-order valence-electron chi connectivity index (χ2n) is 3.63. The minimum absolute atomic E-state index is 0.0249. The zero-order chi connectivity index (χ0) is 14.9. The van der Waals surface area contributed by atoms with E-state index in [1.54, 1.807) is 0 Å². The summed E-state index contributed by atoms with van der Waals surface area (Å²) in [5.74, 6) is -0.683. The molecule has 0 fully saturated rings. The Morgan fingerprint density at radius 3 is 2.53 bits per heavy atom. The van der Waals surface area contributed by atoms with Crippen LogP contribution in [0.5, 0.6) is 0 Å². The monoisotopic (exact) mass is 298 g/mol. The van der Waals surface area contributed by atoms with Crippen molar-refractivity contribution in [1.29, 1.82) is 0 Å². The maximum Gasteiger partial charge on any atom is 0.471 e. The van der Waals surface area contributed by atoms with Crippen LogP contribution in [0.4, 0.5) is 0 Å². The van der Waals surface area contributed by atoms with E-state index >= 15 is 0 Å². The Morgan fingerprint density at radius 2 is 2.05 bits per heavy atom. The molecule has 0 aliphatic carbocycles. The van der Waals surface area contributed by atoms with Gasteiger partial charge in [0.2, 0.25) is 11.8 Å². The Hall–Kier alpha value is -0.990. The summed E-state index contributed by atoms with van der Waals surface area (Å²) in [4.78, 5) is 30.9. The van der Waals surface area contributed by atoms with Crippen LogP contribution in [0.2, 0.25) is 0 Å². The van der Waals surface area contributed by atoms with Crippen LogP contribution in [-0.4, -0.2) is 54.7 Å². The van der Waals surface area contributed by atoms with E-state index in [0.717, 1.165) is 7.11 Å². The van der Waals surface area contributed by atoms with E-state index in [4.69, 9.17) is 10.00 Å². The maximum atomic E-state index is 11.4. The van der Waals surface area contributed by atoms with E-state index in [1.807, 2.05) is 0 Å². The molecule has 4 N–H and O–H groups in total. The van der Waals surface area contributed by atoms with Crippen LogP contribution in [0.1, 0.15) is 13.3 Å². The maximum absolute atomic E-state index is 11.4. The summed E-state index contributed by atoms with van der Waals surface area (Å²) in [6.45, 7) is 0.655. The third kappa shape index (κ3) is 9.57. The molecule has 0 radical (unpaired) electrons. The lowest BCUT2D eigenvalue weighted by Gasteiger charge is -2.17. The first-order chi connectivity index (χ1) is 8.80. The lowest BCUT2D eigenvalue weighted by molar-refractivity contribution is -0.122. The van der Waals surface area contributed by atoms with Gasteiger partial charge >= 0.3 is 7.82 Å². The molecule has 19 heavy (non-hydrogen) atoms. The first kappa shape index (κ1) is 18.0. The van der Waals surface area contributed by atoms with E-state index < -0.39 is 26.4 Å². The van der Waals surface area contributed by atoms with Gasteiger partial charge in [0, 0.05) is 27.0 Å². The van der Waals surface area contributed by atoms with E-state index in [-0.39, 0.29) is 25.5 Å². The highest BCUT2D eigenvalue weighted by Gasteiger charge is 2.21. The molecule has 0 aromatic heterocycles. The molecule has 0 aromatic rings. The normalized spacial score (nSPS) is 15.4. The third-order valence-electron chi connectivity index (χ3n) is 1.98. The van der Waals surface area contributed by atoms with Crippen molar-refractivity contribution in [2.45, 2.75) is 19.4 Å². The fourth-order valence-corrected chi connectivity index (χ4v) is 1.50. The number of nitrogens with one attached hydrogen (secondary N) is 2. The summed E-state index contributed by atoms with van der Waals surface area (Å²) in [7, 11) is -3.14. The Bertz CT molecular complexity index is 349. The molecular formula is C9H19N2O7P. The summed E-state index contributed by atoms with van der Waals surface area (Å²) in [6, 6.07) is -0.833. The van der Waals surface area contributed by atoms with Crippen molar-refractivity contribution in [3.05, 3.63) is 0 Å². The largest absolute Gasteiger partial charge is 0.471 e. The van der Waals surface area contributed by atoms with Gasteiger partial charge in [-0.25, -0.2) is 4.57 Å². The number of phosphoric ester groups is 1. The number of rotatable bonds is 9. The Balaban J connectivity index is 4.01. The molecular weight excluding hydrogens is 279 g/mol. The van der Waals surface area contributed by atoms with Crippen molar-refractivity contribution in [3.63, 3.8) is 0 Å². The fraction of sp³-hybridized carbons (Fsp3) is 0.778. The second-order valence-corrected chi connectivity index (χ2v) is 5.19. The smallest absolute Gasteiger partial charge is 0.394 e. The summed E-state index contributed by atoms with van der Waals surface area (Å²) < 4.78 is 19.7. The molecule has 0 bridgehead atoms. The zero-order valence-electron chi connectivity index (χ0n) is 10.8. The highest BCUT2D eigenvalue weighted by atomic mass is 31.2. The average Bonchev–Trinajstić information content (AvgIpc) is 2.34. The Morgan fingerprint density at radius 1 is 1.42 bits per heavy atom. The van der Waals surface area contributed by atoms with Gasteiger partial charge in [0.25, 0.3) is 0 Å². The molecule has 0 saturated heterocycles. The van der Waals surface area contributed by atoms with Crippen LogP contribution in [0, 0.1) is 0 Å². The second kappa shape index (κ2) is 9.00. The van der Waals surface area contributed by atoms with E-state index in [0.29, 0.717) is 0 Å². The van der Waals surface area contributed by atoms with Gasteiger partial charge < -0.3 is 20.6 Å². The number of hydrogen-bond acceptors (Lipinski definition) is 6. The van der Waals surface area contributed by atoms with Crippen LogP contribution in [-0.2, 0) is 23.2 Å². The van der Waals surface area contributed by atoms with Crippen molar-refractivity contribution in [2.24, 2.45) is 0 Å². The third-order valence-corrected chi connectivity index (χ3v) is 2.92. The highest BCUT2D eigenvalue weighted by Crippen LogP contribution is 2.41. The number of aliphatic hydroxyl groups is 1. The van der Waals surface area contributed by atoms with Gasteiger partial charge in [0.1, 0.15) is 0 Å². The fourth-order valence-electron chi connectivity index (χ4n) is 1.03. The summed E-state index contributed by atoms with van der Waals surface area (Å²) in [5, 5.41) is 13.8. The van der Waals surface area contributed by atoms with Gasteiger partial charge in [-0.05, 0) is 0 Å². The predicted octanol–water partition coefficient (Wildman–Crippen LogP) is -1.25. The number of hydrogen-bond donors (Lipinski definition) is 4. The van der Waals surface area contributed by atoms with Crippen LogP contribution in [0.25, 0.3) is 0 Å². The summed E-state index contributed by atoms with van der Waals surface area (Å²) in [6.07, 6.45) is 0.0249. The molecule has 0 aliphatic heterocycles. The molecule has 2 unspecified atom stereocenters. The van der Waals surface area contributed by atoms with Crippen LogP contribution < -0.4 is 10.6 Å². The van der Waals surface area contributed by atoms with Crippen molar-refractivity contribution in [1.82, 2.24) is 10.6 Å². The Labute approximate surface area is 110 Å². The number of carbonyl (C=O) groups is 2. The molecule has 9 nitrogen and oxygen atoms in total. The molecule has 112 valence electrons.